The molecule has 3 atom stereocenters. The molecule has 3 N–H and O–H groups in total. The minimum Gasteiger partial charge on any atom is -0.491 e. The molecule has 2 unspecified atom stereocenters. The van der Waals surface area contributed by atoms with Gasteiger partial charge in [0.15, 0.2) is 11.8 Å². The highest BCUT2D eigenvalue weighted by atomic mass is 19.3. The van der Waals surface area contributed by atoms with Crippen molar-refractivity contribution in [3.63, 3.8) is 0 Å². The standard InChI is InChI=1S/C21H23F2N5O5/c1-11(31-2)18(20(24)30)25-12-3-4-13-15(7-12)32-6-5-27-8-16(26-21(13)27)28-14(19(22)23)10-33-17(28)9-29/h3-4,7-8,11,14,18-19,25H,5-6,10H2,1-2H3,(H2,24,30)/t11?,14-,18?/m0/s1. The quantitative estimate of drug-likeness (QED) is 0.591. The van der Waals surface area contributed by atoms with Gasteiger partial charge in [0.1, 0.15) is 36.9 Å². The van der Waals surface area contributed by atoms with E-state index < -0.39 is 30.5 Å². The number of carbonyl (C=O) groups is 1. The van der Waals surface area contributed by atoms with Crippen molar-refractivity contribution in [1.82, 2.24) is 9.55 Å². The van der Waals surface area contributed by atoms with E-state index in [1.807, 2.05) is 0 Å². The first-order valence-corrected chi connectivity index (χ1v) is 10.2. The molecule has 0 spiro atoms. The Bertz CT molecular complexity index is 1100. The Morgan fingerprint density at radius 3 is 2.85 bits per heavy atom. The fraction of sp³-hybridized carbons (Fsp3) is 0.429. The van der Waals surface area contributed by atoms with Gasteiger partial charge in [0, 0.05) is 25.1 Å². The SMILES string of the molecule is COC(C)C(Nc1ccc2c(c1)OCCn1cc(N3C(=C=O)OC[C@H]3C(F)F)nc1-2)C(N)=O. The molecule has 0 radical (unpaired) electrons. The lowest BCUT2D eigenvalue weighted by Gasteiger charge is -2.22. The van der Waals surface area contributed by atoms with Gasteiger partial charge in [0.2, 0.25) is 5.91 Å². The van der Waals surface area contributed by atoms with Crippen molar-refractivity contribution in [2.75, 3.05) is 30.5 Å². The number of halogens is 2. The lowest BCUT2D eigenvalue weighted by atomic mass is 10.1. The average Bonchev–Trinajstić information content (AvgIpc) is 3.37. The summed E-state index contributed by atoms with van der Waals surface area (Å²) in [4.78, 5) is 28.6. The summed E-state index contributed by atoms with van der Waals surface area (Å²) < 4.78 is 44.9. The van der Waals surface area contributed by atoms with Gasteiger partial charge in [-0.3, -0.25) is 9.69 Å². The van der Waals surface area contributed by atoms with E-state index in [0.29, 0.717) is 29.4 Å². The monoisotopic (exact) mass is 463 g/mol. The van der Waals surface area contributed by atoms with Crippen LogP contribution in [0.3, 0.4) is 0 Å². The number of nitrogens with one attached hydrogen (secondary N) is 1. The largest absolute Gasteiger partial charge is 0.491 e. The number of carbonyl (C=O) groups excluding carboxylic acids is 2. The molecule has 1 amide bonds. The van der Waals surface area contributed by atoms with Crippen molar-refractivity contribution in [3.05, 3.63) is 30.3 Å². The van der Waals surface area contributed by atoms with Crippen molar-refractivity contribution in [2.24, 2.45) is 5.73 Å². The number of primary amides is 1. The number of methoxy groups -OCH3 is 1. The van der Waals surface area contributed by atoms with Crippen LogP contribution >= 0.6 is 0 Å². The number of nitrogens with zero attached hydrogens (tertiary/aromatic N) is 3. The molecule has 0 aliphatic carbocycles. The van der Waals surface area contributed by atoms with Crippen molar-refractivity contribution in [3.8, 4) is 17.1 Å². The Morgan fingerprint density at radius 2 is 2.18 bits per heavy atom. The van der Waals surface area contributed by atoms with Crippen LogP contribution in [0.25, 0.3) is 11.4 Å². The Balaban J connectivity index is 1.68. The summed E-state index contributed by atoms with van der Waals surface area (Å²) in [6.07, 6.45) is -1.63. The molecule has 1 saturated heterocycles. The first kappa shape index (κ1) is 22.6. The average molecular weight is 463 g/mol. The lowest BCUT2D eigenvalue weighted by molar-refractivity contribution is -0.121. The minimum atomic E-state index is -2.74. The third-order valence-electron chi connectivity index (χ3n) is 5.61. The lowest BCUT2D eigenvalue weighted by Crippen LogP contribution is -2.44. The fourth-order valence-electron chi connectivity index (χ4n) is 3.81. The predicted molar refractivity (Wildman–Crippen MR) is 114 cm³/mol. The van der Waals surface area contributed by atoms with Crippen molar-refractivity contribution in [1.29, 1.82) is 0 Å². The predicted octanol–water partition coefficient (Wildman–Crippen LogP) is 1.39. The number of benzene rings is 1. The third-order valence-corrected chi connectivity index (χ3v) is 5.61. The van der Waals surface area contributed by atoms with Crippen LogP contribution in [0.1, 0.15) is 6.92 Å². The van der Waals surface area contributed by atoms with Crippen molar-refractivity contribution >= 4 is 23.4 Å². The zero-order valence-corrected chi connectivity index (χ0v) is 18.0. The Kier molecular flexibility index (Phi) is 6.21. The molecule has 33 heavy (non-hydrogen) atoms. The second-order valence-corrected chi connectivity index (χ2v) is 7.63. The van der Waals surface area contributed by atoms with Crippen LogP contribution in [0.5, 0.6) is 5.75 Å². The van der Waals surface area contributed by atoms with Crippen LogP contribution in [0.15, 0.2) is 30.3 Å². The highest BCUT2D eigenvalue weighted by Gasteiger charge is 2.40. The summed E-state index contributed by atoms with van der Waals surface area (Å²) in [5.74, 6) is 1.79. The Labute approximate surface area is 187 Å². The molecule has 1 fully saturated rings. The Morgan fingerprint density at radius 1 is 1.39 bits per heavy atom. The zero-order chi connectivity index (χ0) is 23.7. The number of alkyl halides is 2. The minimum absolute atomic E-state index is 0.156. The molecule has 2 aliphatic rings. The number of rotatable bonds is 7. The molecule has 176 valence electrons. The fourth-order valence-corrected chi connectivity index (χ4v) is 3.81. The smallest absolute Gasteiger partial charge is 0.284 e. The van der Waals surface area contributed by atoms with E-state index in [4.69, 9.17) is 19.9 Å². The molecule has 4 rings (SSSR count). The molecular weight excluding hydrogens is 440 g/mol. The van der Waals surface area contributed by atoms with E-state index in [1.165, 1.54) is 7.11 Å². The van der Waals surface area contributed by atoms with Gasteiger partial charge in [-0.05, 0) is 19.1 Å². The summed E-state index contributed by atoms with van der Waals surface area (Å²) in [6, 6.07) is 3.07. The molecule has 10 nitrogen and oxygen atoms in total. The number of aromatic nitrogens is 2. The summed E-state index contributed by atoms with van der Waals surface area (Å²) in [5, 5.41) is 3.04. The topological polar surface area (TPSA) is 121 Å². The van der Waals surface area contributed by atoms with E-state index in [0.717, 1.165) is 4.90 Å². The molecular formula is C21H23F2N5O5. The summed E-state index contributed by atoms with van der Waals surface area (Å²) in [5.41, 5.74) is 6.68. The van der Waals surface area contributed by atoms with Crippen LogP contribution in [0.2, 0.25) is 0 Å². The maximum Gasteiger partial charge on any atom is 0.284 e. The number of imidazole rings is 1. The van der Waals surface area contributed by atoms with Gasteiger partial charge >= 0.3 is 0 Å². The number of nitrogens with two attached hydrogens (primary N) is 1. The molecule has 1 aromatic heterocycles. The Hall–Kier alpha value is -3.63. The molecule has 12 heteroatoms. The van der Waals surface area contributed by atoms with Crippen LogP contribution in [0, 0.1) is 0 Å². The van der Waals surface area contributed by atoms with Crippen molar-refractivity contribution < 1.29 is 32.6 Å². The normalized spacial score (nSPS) is 19.0. The maximum atomic E-state index is 13.5. The van der Waals surface area contributed by atoms with Gasteiger partial charge in [-0.2, -0.15) is 0 Å². The highest BCUT2D eigenvalue weighted by Crippen LogP contribution is 2.37. The van der Waals surface area contributed by atoms with Crippen LogP contribution in [0.4, 0.5) is 20.3 Å². The van der Waals surface area contributed by atoms with Crippen molar-refractivity contribution in [2.45, 2.75) is 38.1 Å². The molecule has 2 aliphatic heterocycles. The van der Waals surface area contributed by atoms with Crippen LogP contribution < -0.4 is 20.7 Å². The number of hydrogen-bond acceptors (Lipinski definition) is 8. The summed E-state index contributed by atoms with van der Waals surface area (Å²) in [6.45, 7) is 2.08. The second kappa shape index (κ2) is 9.08. The van der Waals surface area contributed by atoms with Gasteiger partial charge in [0.05, 0.1) is 18.2 Å². The van der Waals surface area contributed by atoms with E-state index in [2.05, 4.69) is 10.3 Å². The zero-order valence-electron chi connectivity index (χ0n) is 18.0. The van der Waals surface area contributed by atoms with E-state index >= 15 is 0 Å². The molecule has 0 saturated carbocycles. The van der Waals surface area contributed by atoms with E-state index in [-0.39, 0.29) is 24.9 Å². The summed E-state index contributed by atoms with van der Waals surface area (Å²) >= 11 is 0. The first-order chi connectivity index (χ1) is 15.8. The number of hydrogen-bond donors (Lipinski definition) is 2. The van der Waals surface area contributed by atoms with Gasteiger partial charge in [-0.15, -0.1) is 0 Å². The van der Waals surface area contributed by atoms with Gasteiger partial charge < -0.3 is 29.8 Å². The molecule has 0 bridgehead atoms. The van der Waals surface area contributed by atoms with Gasteiger partial charge in [-0.25, -0.2) is 18.6 Å². The number of ether oxygens (including phenoxy) is 3. The second-order valence-electron chi connectivity index (χ2n) is 7.63. The highest BCUT2D eigenvalue weighted by molar-refractivity contribution is 5.84. The molecule has 3 heterocycles. The number of fused-ring (bicyclic) bond motifs is 3. The number of amides is 1. The maximum absolute atomic E-state index is 13.5. The van der Waals surface area contributed by atoms with E-state index in [1.54, 1.807) is 41.8 Å². The number of anilines is 2. The van der Waals surface area contributed by atoms with E-state index in [9.17, 15) is 18.4 Å². The molecule has 1 aromatic carbocycles. The van der Waals surface area contributed by atoms with Crippen LogP contribution in [-0.4, -0.2) is 66.3 Å². The first-order valence-electron chi connectivity index (χ1n) is 10.2. The summed E-state index contributed by atoms with van der Waals surface area (Å²) in [7, 11) is 1.48. The third kappa shape index (κ3) is 4.22. The van der Waals surface area contributed by atoms with Gasteiger partial charge in [-0.1, -0.05) is 0 Å². The van der Waals surface area contributed by atoms with Gasteiger partial charge in [0.25, 0.3) is 12.3 Å². The molecule has 2 aromatic rings. The van der Waals surface area contributed by atoms with Crippen LogP contribution in [-0.2, 0) is 25.6 Å².